The Balaban J connectivity index is 1.59. The van der Waals surface area contributed by atoms with Crippen LogP contribution in [0.5, 0.6) is 5.75 Å². The minimum absolute atomic E-state index is 0.160. The predicted octanol–water partition coefficient (Wildman–Crippen LogP) is 3.46. The number of hydrogen-bond acceptors (Lipinski definition) is 5. The lowest BCUT2D eigenvalue weighted by Gasteiger charge is -2.25. The number of carbonyl (C=O) groups excluding carboxylic acids is 1. The highest BCUT2D eigenvalue weighted by Gasteiger charge is 2.13. The molecule has 0 saturated carbocycles. The second-order valence-electron chi connectivity index (χ2n) is 6.24. The highest BCUT2D eigenvalue weighted by atomic mass is 79.9. The number of amides is 1. The molecule has 0 aliphatic carbocycles. The molecule has 1 heterocycles. The van der Waals surface area contributed by atoms with Gasteiger partial charge < -0.3 is 9.47 Å². The van der Waals surface area contributed by atoms with Gasteiger partial charge in [0, 0.05) is 33.7 Å². The lowest BCUT2D eigenvalue weighted by atomic mass is 10.2. The summed E-state index contributed by atoms with van der Waals surface area (Å²) in [5.74, 6) is 0.487. The van der Waals surface area contributed by atoms with Crippen molar-refractivity contribution < 1.29 is 14.3 Å². The van der Waals surface area contributed by atoms with Gasteiger partial charge in [-0.1, -0.05) is 45.7 Å². The maximum absolute atomic E-state index is 12.0. The van der Waals surface area contributed by atoms with Crippen molar-refractivity contribution in [3.8, 4) is 5.75 Å². The van der Waals surface area contributed by atoms with Crippen molar-refractivity contribution >= 4 is 39.7 Å². The zero-order valence-corrected chi connectivity index (χ0v) is 17.6. The molecule has 0 unspecified atom stereocenters. The fraction of sp³-hybridized carbons (Fsp3) is 0.300. The van der Waals surface area contributed by atoms with Crippen molar-refractivity contribution in [2.24, 2.45) is 5.10 Å². The van der Waals surface area contributed by atoms with Crippen LogP contribution in [0.4, 0.5) is 0 Å². The molecule has 0 aromatic heterocycles. The number of carbonyl (C=O) groups is 1. The Morgan fingerprint density at radius 2 is 2.07 bits per heavy atom. The Morgan fingerprint density at radius 1 is 1.29 bits per heavy atom. The second-order valence-corrected chi connectivity index (χ2v) is 7.57. The summed E-state index contributed by atoms with van der Waals surface area (Å²) in [5, 5.41) is 4.73. The number of morpholine rings is 1. The van der Waals surface area contributed by atoms with E-state index in [0.29, 0.717) is 37.1 Å². The van der Waals surface area contributed by atoms with Crippen LogP contribution in [0.1, 0.15) is 11.1 Å². The zero-order valence-electron chi connectivity index (χ0n) is 15.2. The van der Waals surface area contributed by atoms with Gasteiger partial charge in [-0.15, -0.1) is 0 Å². The number of hydrazone groups is 1. The van der Waals surface area contributed by atoms with E-state index in [1.807, 2.05) is 47.4 Å². The summed E-state index contributed by atoms with van der Waals surface area (Å²) >= 11 is 9.63. The maximum atomic E-state index is 12.0. The molecule has 0 radical (unpaired) electrons. The topological polar surface area (TPSA) is 63.2 Å². The zero-order chi connectivity index (χ0) is 19.8. The lowest BCUT2D eigenvalue weighted by molar-refractivity contribution is -0.123. The molecule has 1 amide bonds. The average molecular weight is 467 g/mol. The van der Waals surface area contributed by atoms with E-state index in [1.54, 1.807) is 6.21 Å². The Bertz CT molecular complexity index is 841. The number of rotatable bonds is 7. The summed E-state index contributed by atoms with van der Waals surface area (Å²) in [6.45, 7) is 3.45. The van der Waals surface area contributed by atoms with E-state index in [2.05, 4.69) is 26.5 Å². The third-order valence-corrected chi connectivity index (χ3v) is 5.04. The summed E-state index contributed by atoms with van der Waals surface area (Å²) in [6, 6.07) is 13.1. The Morgan fingerprint density at radius 3 is 2.86 bits per heavy atom. The molecule has 0 bridgehead atoms. The predicted molar refractivity (Wildman–Crippen MR) is 113 cm³/mol. The van der Waals surface area contributed by atoms with Crippen molar-refractivity contribution in [1.29, 1.82) is 0 Å². The quantitative estimate of drug-likeness (QED) is 0.501. The van der Waals surface area contributed by atoms with Gasteiger partial charge in [-0.3, -0.25) is 9.69 Å². The van der Waals surface area contributed by atoms with Gasteiger partial charge in [-0.05, 0) is 24.3 Å². The minimum atomic E-state index is -0.160. The smallest absolute Gasteiger partial charge is 0.254 e. The fourth-order valence-electron chi connectivity index (χ4n) is 2.69. The monoisotopic (exact) mass is 465 g/mol. The number of halogens is 2. The molecule has 2 aromatic carbocycles. The van der Waals surface area contributed by atoms with Gasteiger partial charge in [0.2, 0.25) is 0 Å². The fourth-order valence-corrected chi connectivity index (χ4v) is 3.26. The lowest BCUT2D eigenvalue weighted by Crippen LogP contribution is -2.42. The van der Waals surface area contributed by atoms with Crippen molar-refractivity contribution in [2.75, 3.05) is 32.8 Å². The first kappa shape index (κ1) is 20.8. The molecule has 1 aliphatic heterocycles. The van der Waals surface area contributed by atoms with Crippen LogP contribution in [0.2, 0.25) is 5.02 Å². The van der Waals surface area contributed by atoms with E-state index in [4.69, 9.17) is 21.1 Å². The van der Waals surface area contributed by atoms with E-state index in [0.717, 1.165) is 28.7 Å². The maximum Gasteiger partial charge on any atom is 0.254 e. The average Bonchev–Trinajstić information content (AvgIpc) is 2.69. The Kier molecular flexibility index (Phi) is 7.85. The summed E-state index contributed by atoms with van der Waals surface area (Å²) < 4.78 is 12.1. The van der Waals surface area contributed by atoms with Gasteiger partial charge in [0.05, 0.1) is 26.0 Å². The summed E-state index contributed by atoms with van der Waals surface area (Å²) in [6.07, 6.45) is 1.57. The number of nitrogens with zero attached hydrogens (tertiary/aromatic N) is 2. The van der Waals surface area contributed by atoms with E-state index in [1.165, 1.54) is 0 Å². The number of hydrogen-bond donors (Lipinski definition) is 1. The van der Waals surface area contributed by atoms with Crippen LogP contribution < -0.4 is 10.2 Å². The van der Waals surface area contributed by atoms with Crippen molar-refractivity contribution in [2.45, 2.75) is 6.61 Å². The van der Waals surface area contributed by atoms with Crippen LogP contribution in [0.3, 0.4) is 0 Å². The summed E-state index contributed by atoms with van der Waals surface area (Å²) in [5.41, 5.74) is 4.20. The SMILES string of the molecule is O=C(CN1CCOCC1)N/N=C/c1cc(Br)ccc1OCc1ccccc1Cl. The van der Waals surface area contributed by atoms with Gasteiger partial charge >= 0.3 is 0 Å². The molecule has 1 saturated heterocycles. The summed E-state index contributed by atoms with van der Waals surface area (Å²) in [4.78, 5) is 14.1. The normalized spacial score (nSPS) is 14.9. The van der Waals surface area contributed by atoms with Crippen LogP contribution in [-0.4, -0.2) is 49.9 Å². The van der Waals surface area contributed by atoms with Gasteiger partial charge in [0.1, 0.15) is 12.4 Å². The molecular formula is C20H21BrClN3O3. The molecule has 1 N–H and O–H groups in total. The molecule has 1 fully saturated rings. The second kappa shape index (κ2) is 10.6. The van der Waals surface area contributed by atoms with Crippen molar-refractivity contribution in [3.63, 3.8) is 0 Å². The van der Waals surface area contributed by atoms with Crippen LogP contribution in [0.25, 0.3) is 0 Å². The third kappa shape index (κ3) is 6.31. The molecule has 2 aromatic rings. The van der Waals surface area contributed by atoms with E-state index >= 15 is 0 Å². The van der Waals surface area contributed by atoms with Crippen molar-refractivity contribution in [1.82, 2.24) is 10.3 Å². The van der Waals surface area contributed by atoms with Gasteiger partial charge in [0.25, 0.3) is 5.91 Å². The molecular weight excluding hydrogens is 446 g/mol. The van der Waals surface area contributed by atoms with Crippen LogP contribution >= 0.6 is 27.5 Å². The molecule has 0 spiro atoms. The number of ether oxygens (including phenoxy) is 2. The molecule has 28 heavy (non-hydrogen) atoms. The van der Waals surface area contributed by atoms with E-state index < -0.39 is 0 Å². The molecule has 3 rings (SSSR count). The van der Waals surface area contributed by atoms with E-state index in [9.17, 15) is 4.79 Å². The number of nitrogens with one attached hydrogen (secondary N) is 1. The minimum Gasteiger partial charge on any atom is -0.488 e. The molecule has 1 aliphatic rings. The molecule has 8 heteroatoms. The first-order valence-electron chi connectivity index (χ1n) is 8.89. The highest BCUT2D eigenvalue weighted by Crippen LogP contribution is 2.24. The first-order valence-corrected chi connectivity index (χ1v) is 10.1. The highest BCUT2D eigenvalue weighted by molar-refractivity contribution is 9.10. The van der Waals surface area contributed by atoms with Gasteiger partial charge in [-0.2, -0.15) is 5.10 Å². The van der Waals surface area contributed by atoms with Gasteiger partial charge in [-0.25, -0.2) is 5.43 Å². The van der Waals surface area contributed by atoms with Crippen LogP contribution in [0, 0.1) is 0 Å². The Labute approximate surface area is 177 Å². The van der Waals surface area contributed by atoms with Crippen molar-refractivity contribution in [3.05, 3.63) is 63.1 Å². The first-order chi connectivity index (χ1) is 13.6. The third-order valence-electron chi connectivity index (χ3n) is 4.18. The van der Waals surface area contributed by atoms with Gasteiger partial charge in [0.15, 0.2) is 0 Å². The number of benzene rings is 2. The Hall–Kier alpha value is -1.93. The largest absolute Gasteiger partial charge is 0.488 e. The van der Waals surface area contributed by atoms with Crippen LogP contribution in [-0.2, 0) is 16.1 Å². The molecule has 6 nitrogen and oxygen atoms in total. The summed E-state index contributed by atoms with van der Waals surface area (Å²) in [7, 11) is 0. The van der Waals surface area contributed by atoms with E-state index in [-0.39, 0.29) is 5.91 Å². The standard InChI is InChI=1S/C20H21BrClN3O3/c21-17-5-6-19(28-14-15-3-1-2-4-18(15)22)16(11-17)12-23-24-20(26)13-25-7-9-27-10-8-25/h1-6,11-12H,7-10,13-14H2,(H,24,26)/b23-12+. The van der Waals surface area contributed by atoms with Crippen LogP contribution in [0.15, 0.2) is 52.0 Å². The molecule has 148 valence electrons. The molecule has 0 atom stereocenters.